The Balaban J connectivity index is 1.89. The lowest BCUT2D eigenvalue weighted by Crippen LogP contribution is -2.26. The average molecular weight is 274 g/mol. The number of nitrogens with one attached hydrogen (secondary N) is 2. The van der Waals surface area contributed by atoms with Gasteiger partial charge in [-0.2, -0.15) is 10.2 Å². The van der Waals surface area contributed by atoms with Gasteiger partial charge in [-0.3, -0.25) is 4.79 Å². The first kappa shape index (κ1) is 14.0. The average Bonchev–Trinajstić information content (AvgIpc) is 2.85. The highest BCUT2D eigenvalue weighted by atomic mass is 16.2. The fourth-order valence-electron chi connectivity index (χ4n) is 1.46. The number of hydrogen-bond acceptors (Lipinski definition) is 5. The Bertz CT molecular complexity index is 631. The van der Waals surface area contributed by atoms with Gasteiger partial charge in [-0.05, 0) is 25.0 Å². The Labute approximate surface area is 117 Å². The van der Waals surface area contributed by atoms with E-state index in [9.17, 15) is 4.79 Å². The number of pyridine rings is 1. The number of nitrogens with zero attached hydrogens (tertiary/aromatic N) is 4. The first-order valence-corrected chi connectivity index (χ1v) is 6.42. The molecule has 0 saturated carbocycles. The zero-order valence-corrected chi connectivity index (χ0v) is 11.8. The Kier molecular flexibility index (Phi) is 4.29. The summed E-state index contributed by atoms with van der Waals surface area (Å²) in [6, 6.07) is 3.57. The summed E-state index contributed by atoms with van der Waals surface area (Å²) in [6.45, 7) is 6.15. The zero-order valence-electron chi connectivity index (χ0n) is 11.8. The number of amides is 1. The SMILES string of the molecule is C/C(=N\NCC(=O)Nc1ccc2ncnn2c1)C(C)C. The quantitative estimate of drug-likeness (QED) is 0.635. The minimum absolute atomic E-state index is 0.124. The molecule has 2 heterocycles. The molecule has 0 saturated heterocycles. The van der Waals surface area contributed by atoms with Gasteiger partial charge in [-0.15, -0.1) is 0 Å². The van der Waals surface area contributed by atoms with E-state index in [1.165, 1.54) is 6.33 Å². The van der Waals surface area contributed by atoms with Crippen molar-refractivity contribution in [2.24, 2.45) is 11.0 Å². The summed E-state index contributed by atoms with van der Waals surface area (Å²) in [7, 11) is 0. The minimum Gasteiger partial charge on any atom is -0.323 e. The van der Waals surface area contributed by atoms with Crippen LogP contribution in [-0.4, -0.2) is 32.8 Å². The van der Waals surface area contributed by atoms with Gasteiger partial charge in [0.2, 0.25) is 5.91 Å². The Morgan fingerprint density at radius 1 is 1.45 bits per heavy atom. The van der Waals surface area contributed by atoms with Gasteiger partial charge in [0.15, 0.2) is 5.65 Å². The fourth-order valence-corrected chi connectivity index (χ4v) is 1.46. The zero-order chi connectivity index (χ0) is 14.5. The second-order valence-electron chi connectivity index (χ2n) is 4.77. The predicted octanol–water partition coefficient (Wildman–Crippen LogP) is 1.29. The lowest BCUT2D eigenvalue weighted by atomic mass is 10.1. The standard InChI is InChI=1S/C13H18N6O/c1-9(2)10(3)18-15-6-13(20)17-11-4-5-12-14-8-16-19(12)7-11/h4-5,7-9,15H,6H2,1-3H3,(H,17,20)/b18-10+. The van der Waals surface area contributed by atoms with Gasteiger partial charge in [-0.1, -0.05) is 13.8 Å². The van der Waals surface area contributed by atoms with E-state index in [1.807, 2.05) is 20.8 Å². The third-order valence-electron chi connectivity index (χ3n) is 2.89. The van der Waals surface area contributed by atoms with Gasteiger partial charge in [0.05, 0.1) is 11.9 Å². The molecule has 2 aromatic heterocycles. The normalized spacial score (nSPS) is 11.9. The van der Waals surface area contributed by atoms with E-state index < -0.39 is 0 Å². The van der Waals surface area contributed by atoms with Crippen LogP contribution in [0.15, 0.2) is 29.8 Å². The topological polar surface area (TPSA) is 83.7 Å². The number of hydrazone groups is 1. The van der Waals surface area contributed by atoms with Gasteiger partial charge in [-0.25, -0.2) is 9.50 Å². The second kappa shape index (κ2) is 6.14. The van der Waals surface area contributed by atoms with Gasteiger partial charge >= 0.3 is 0 Å². The number of rotatable bonds is 5. The number of anilines is 1. The maximum Gasteiger partial charge on any atom is 0.245 e. The molecule has 2 rings (SSSR count). The summed E-state index contributed by atoms with van der Waals surface area (Å²) in [5.41, 5.74) is 5.12. The molecule has 0 aliphatic carbocycles. The first-order chi connectivity index (χ1) is 9.56. The van der Waals surface area contributed by atoms with E-state index in [4.69, 9.17) is 0 Å². The van der Waals surface area contributed by atoms with Gasteiger partial charge in [0.1, 0.15) is 12.9 Å². The van der Waals surface area contributed by atoms with Crippen molar-refractivity contribution in [2.45, 2.75) is 20.8 Å². The second-order valence-corrected chi connectivity index (χ2v) is 4.77. The number of carbonyl (C=O) groups is 1. The molecule has 0 aromatic carbocycles. The first-order valence-electron chi connectivity index (χ1n) is 6.42. The number of aromatic nitrogens is 3. The molecule has 1 amide bonds. The lowest BCUT2D eigenvalue weighted by Gasteiger charge is -2.07. The van der Waals surface area contributed by atoms with Crippen LogP contribution in [0, 0.1) is 5.92 Å². The Morgan fingerprint density at radius 2 is 2.25 bits per heavy atom. The molecular weight excluding hydrogens is 256 g/mol. The van der Waals surface area contributed by atoms with Crippen LogP contribution < -0.4 is 10.7 Å². The Hall–Kier alpha value is -2.44. The summed E-state index contributed by atoms with van der Waals surface area (Å²) in [6.07, 6.45) is 3.18. The largest absolute Gasteiger partial charge is 0.323 e. The molecule has 0 aliphatic rings. The van der Waals surface area contributed by atoms with Gasteiger partial charge in [0, 0.05) is 5.71 Å². The Morgan fingerprint density at radius 3 is 3.00 bits per heavy atom. The van der Waals surface area contributed by atoms with Gasteiger partial charge in [0.25, 0.3) is 0 Å². The summed E-state index contributed by atoms with van der Waals surface area (Å²) in [5, 5.41) is 10.9. The van der Waals surface area contributed by atoms with Crippen molar-refractivity contribution in [2.75, 3.05) is 11.9 Å². The third-order valence-corrected chi connectivity index (χ3v) is 2.89. The molecule has 0 radical (unpaired) electrons. The van der Waals surface area contributed by atoms with Crippen molar-refractivity contribution in [3.63, 3.8) is 0 Å². The molecule has 0 spiro atoms. The summed E-state index contributed by atoms with van der Waals surface area (Å²) < 4.78 is 1.60. The highest BCUT2D eigenvalue weighted by Crippen LogP contribution is 2.07. The molecule has 7 heteroatoms. The molecule has 20 heavy (non-hydrogen) atoms. The summed E-state index contributed by atoms with van der Waals surface area (Å²) >= 11 is 0. The summed E-state index contributed by atoms with van der Waals surface area (Å²) in [5.74, 6) is 0.199. The van der Waals surface area contributed by atoms with Crippen LogP contribution in [0.3, 0.4) is 0 Å². The van der Waals surface area contributed by atoms with E-state index in [0.29, 0.717) is 11.6 Å². The van der Waals surface area contributed by atoms with Crippen LogP contribution in [0.5, 0.6) is 0 Å². The van der Waals surface area contributed by atoms with Crippen LogP contribution in [-0.2, 0) is 4.79 Å². The molecule has 2 N–H and O–H groups in total. The van der Waals surface area contributed by atoms with Crippen LogP contribution in [0.25, 0.3) is 5.65 Å². The van der Waals surface area contributed by atoms with Crippen LogP contribution in [0.2, 0.25) is 0 Å². The number of hydrogen-bond donors (Lipinski definition) is 2. The van der Waals surface area contributed by atoms with Crippen LogP contribution >= 0.6 is 0 Å². The third kappa shape index (κ3) is 3.53. The van der Waals surface area contributed by atoms with Gasteiger partial charge < -0.3 is 10.7 Å². The van der Waals surface area contributed by atoms with E-state index in [1.54, 1.807) is 22.8 Å². The van der Waals surface area contributed by atoms with Crippen molar-refractivity contribution in [1.82, 2.24) is 20.0 Å². The molecule has 0 fully saturated rings. The van der Waals surface area contributed by atoms with Crippen LogP contribution in [0.4, 0.5) is 5.69 Å². The van der Waals surface area contributed by atoms with Crippen molar-refractivity contribution in [1.29, 1.82) is 0 Å². The monoisotopic (exact) mass is 274 g/mol. The van der Waals surface area contributed by atoms with Crippen LogP contribution in [0.1, 0.15) is 20.8 Å². The molecular formula is C13H18N6O. The molecule has 0 aliphatic heterocycles. The molecule has 7 nitrogen and oxygen atoms in total. The lowest BCUT2D eigenvalue weighted by molar-refractivity contribution is -0.115. The smallest absolute Gasteiger partial charge is 0.245 e. The van der Waals surface area contributed by atoms with Crippen molar-refractivity contribution < 1.29 is 4.79 Å². The molecule has 106 valence electrons. The maximum atomic E-state index is 11.7. The molecule has 0 bridgehead atoms. The maximum absolute atomic E-state index is 11.7. The molecule has 0 atom stereocenters. The highest BCUT2D eigenvalue weighted by molar-refractivity contribution is 5.92. The number of fused-ring (bicyclic) bond motifs is 1. The van der Waals surface area contributed by atoms with E-state index in [-0.39, 0.29) is 12.5 Å². The number of carbonyl (C=O) groups excluding carboxylic acids is 1. The van der Waals surface area contributed by atoms with Crippen molar-refractivity contribution in [3.8, 4) is 0 Å². The van der Waals surface area contributed by atoms with E-state index >= 15 is 0 Å². The van der Waals surface area contributed by atoms with E-state index in [2.05, 4.69) is 25.9 Å². The fraction of sp³-hybridized carbons (Fsp3) is 0.385. The minimum atomic E-state index is -0.162. The van der Waals surface area contributed by atoms with Crippen molar-refractivity contribution in [3.05, 3.63) is 24.7 Å². The molecule has 2 aromatic rings. The van der Waals surface area contributed by atoms with Crippen molar-refractivity contribution >= 4 is 23.0 Å². The summed E-state index contributed by atoms with van der Waals surface area (Å²) in [4.78, 5) is 15.8. The highest BCUT2D eigenvalue weighted by Gasteiger charge is 2.04. The van der Waals surface area contributed by atoms with E-state index in [0.717, 1.165) is 11.4 Å². The molecule has 0 unspecified atom stereocenters. The predicted molar refractivity (Wildman–Crippen MR) is 77.6 cm³/mol.